The Balaban J connectivity index is 1.89. The molecule has 2 heterocycles. The fraction of sp³-hybridized carbons (Fsp3) is 0.267. The largest absolute Gasteiger partial charge is 0.496 e. The second-order valence-electron chi connectivity index (χ2n) is 4.76. The molecule has 3 aromatic rings. The van der Waals surface area contributed by atoms with Gasteiger partial charge in [-0.3, -0.25) is 4.40 Å². The molecule has 0 amide bonds. The molecule has 4 nitrogen and oxygen atoms in total. The lowest BCUT2D eigenvalue weighted by Crippen LogP contribution is -2.19. The van der Waals surface area contributed by atoms with Gasteiger partial charge in [-0.15, -0.1) is 11.3 Å². The fourth-order valence-electron chi connectivity index (χ4n) is 2.42. The molecule has 0 saturated carbocycles. The first kappa shape index (κ1) is 14.6. The van der Waals surface area contributed by atoms with Crippen LogP contribution in [0.4, 0.5) is 0 Å². The van der Waals surface area contributed by atoms with Crippen molar-refractivity contribution < 1.29 is 4.74 Å². The Morgan fingerprint density at radius 3 is 3.05 bits per heavy atom. The first-order chi connectivity index (χ1) is 10.2. The average Bonchev–Trinajstić information content (AvgIpc) is 3.06. The van der Waals surface area contributed by atoms with Gasteiger partial charge in [-0.05, 0) is 19.2 Å². The molecule has 1 aromatic carbocycles. The van der Waals surface area contributed by atoms with Crippen molar-refractivity contribution in [1.29, 1.82) is 0 Å². The first-order valence-electron chi connectivity index (χ1n) is 6.63. The summed E-state index contributed by atoms with van der Waals surface area (Å²) in [6.45, 7) is 0. The van der Waals surface area contributed by atoms with Gasteiger partial charge in [0.1, 0.15) is 5.75 Å². The van der Waals surface area contributed by atoms with E-state index < -0.39 is 0 Å². The van der Waals surface area contributed by atoms with Crippen molar-refractivity contribution in [1.82, 2.24) is 14.7 Å². The average molecular weight is 366 g/mol. The molecule has 0 aliphatic carbocycles. The van der Waals surface area contributed by atoms with Crippen LogP contribution in [-0.2, 0) is 6.42 Å². The van der Waals surface area contributed by atoms with Crippen LogP contribution < -0.4 is 10.1 Å². The van der Waals surface area contributed by atoms with E-state index in [0.717, 1.165) is 32.9 Å². The number of thiazole rings is 1. The number of nitrogens with zero attached hydrogens (tertiary/aromatic N) is 2. The minimum atomic E-state index is 0.164. The van der Waals surface area contributed by atoms with Gasteiger partial charge in [0.2, 0.25) is 0 Å². The smallest absolute Gasteiger partial charge is 0.193 e. The number of benzene rings is 1. The van der Waals surface area contributed by atoms with Crippen LogP contribution in [0.3, 0.4) is 0 Å². The maximum absolute atomic E-state index is 5.50. The number of imidazole rings is 1. The van der Waals surface area contributed by atoms with E-state index in [-0.39, 0.29) is 6.04 Å². The van der Waals surface area contributed by atoms with Crippen molar-refractivity contribution in [3.8, 4) is 5.75 Å². The predicted octanol–water partition coefficient (Wildman–Crippen LogP) is 3.67. The molecule has 1 N–H and O–H groups in total. The number of aromatic nitrogens is 2. The monoisotopic (exact) mass is 365 g/mol. The molecule has 21 heavy (non-hydrogen) atoms. The van der Waals surface area contributed by atoms with Gasteiger partial charge in [0.15, 0.2) is 4.96 Å². The molecule has 0 bridgehead atoms. The summed E-state index contributed by atoms with van der Waals surface area (Å²) in [7, 11) is 3.66. The molecule has 1 unspecified atom stereocenters. The van der Waals surface area contributed by atoms with Gasteiger partial charge >= 0.3 is 0 Å². The molecule has 0 aliphatic rings. The number of hydrogen-bond donors (Lipinski definition) is 1. The van der Waals surface area contributed by atoms with Gasteiger partial charge in [-0.1, -0.05) is 22.0 Å². The molecule has 2 aromatic heterocycles. The number of hydrogen-bond acceptors (Lipinski definition) is 4. The highest BCUT2D eigenvalue weighted by molar-refractivity contribution is 9.10. The van der Waals surface area contributed by atoms with Crippen molar-refractivity contribution >= 4 is 32.2 Å². The van der Waals surface area contributed by atoms with Gasteiger partial charge in [-0.25, -0.2) is 4.98 Å². The highest BCUT2D eigenvalue weighted by Gasteiger charge is 2.17. The molecule has 0 fully saturated rings. The van der Waals surface area contributed by atoms with Crippen LogP contribution in [-0.4, -0.2) is 23.5 Å². The van der Waals surface area contributed by atoms with Gasteiger partial charge in [0, 0.05) is 40.3 Å². The van der Waals surface area contributed by atoms with Crippen molar-refractivity contribution in [2.24, 2.45) is 0 Å². The van der Waals surface area contributed by atoms with E-state index in [9.17, 15) is 0 Å². The molecule has 110 valence electrons. The van der Waals surface area contributed by atoms with Crippen LogP contribution in [0.25, 0.3) is 4.96 Å². The number of methoxy groups -OCH3 is 1. The lowest BCUT2D eigenvalue weighted by molar-refractivity contribution is 0.400. The maximum Gasteiger partial charge on any atom is 0.193 e. The Kier molecular flexibility index (Phi) is 4.28. The molecular formula is C15H16BrN3OS. The van der Waals surface area contributed by atoms with Crippen molar-refractivity contribution in [2.75, 3.05) is 14.2 Å². The minimum absolute atomic E-state index is 0.164. The molecule has 6 heteroatoms. The fourth-order valence-corrected chi connectivity index (χ4v) is 3.48. The molecule has 0 saturated heterocycles. The van der Waals surface area contributed by atoms with Crippen LogP contribution in [0.15, 0.2) is 40.4 Å². The highest BCUT2D eigenvalue weighted by Crippen LogP contribution is 2.30. The summed E-state index contributed by atoms with van der Waals surface area (Å²) >= 11 is 5.13. The Bertz CT molecular complexity index is 724. The Hall–Kier alpha value is -1.37. The van der Waals surface area contributed by atoms with E-state index >= 15 is 0 Å². The molecule has 0 radical (unpaired) electrons. The Morgan fingerprint density at radius 1 is 1.48 bits per heavy atom. The minimum Gasteiger partial charge on any atom is -0.496 e. The maximum atomic E-state index is 5.50. The number of likely N-dealkylation sites (N-methyl/N-ethyl adjacent to an activating group) is 1. The Labute approximate surface area is 135 Å². The van der Waals surface area contributed by atoms with Crippen LogP contribution in [0.2, 0.25) is 0 Å². The lowest BCUT2D eigenvalue weighted by Gasteiger charge is -2.18. The number of rotatable bonds is 5. The third-order valence-electron chi connectivity index (χ3n) is 3.48. The zero-order valence-electron chi connectivity index (χ0n) is 11.8. The van der Waals surface area contributed by atoms with Crippen LogP contribution in [0, 0.1) is 0 Å². The predicted molar refractivity (Wildman–Crippen MR) is 89.3 cm³/mol. The van der Waals surface area contributed by atoms with Crippen molar-refractivity contribution in [3.05, 3.63) is 51.7 Å². The molecular weight excluding hydrogens is 350 g/mol. The summed E-state index contributed by atoms with van der Waals surface area (Å²) in [5.41, 5.74) is 2.21. The van der Waals surface area contributed by atoms with Crippen LogP contribution >= 0.6 is 27.3 Å². The zero-order chi connectivity index (χ0) is 14.8. The van der Waals surface area contributed by atoms with E-state index in [1.165, 1.54) is 0 Å². The third-order valence-corrected chi connectivity index (χ3v) is 4.74. The number of nitrogens with one attached hydrogen (secondary N) is 1. The van der Waals surface area contributed by atoms with Crippen molar-refractivity contribution in [3.63, 3.8) is 0 Å². The Morgan fingerprint density at radius 2 is 2.33 bits per heavy atom. The van der Waals surface area contributed by atoms with E-state index in [2.05, 4.69) is 42.9 Å². The molecule has 1 atom stereocenters. The number of halogens is 1. The van der Waals surface area contributed by atoms with Gasteiger partial charge in [0.05, 0.1) is 12.8 Å². The van der Waals surface area contributed by atoms with Crippen LogP contribution in [0.1, 0.15) is 17.3 Å². The summed E-state index contributed by atoms with van der Waals surface area (Å²) in [4.78, 5) is 5.68. The van der Waals surface area contributed by atoms with E-state index in [1.54, 1.807) is 18.4 Å². The second kappa shape index (κ2) is 6.17. The SMILES string of the molecule is CNC(Cc1cn2ccsc2n1)c1ccc(Br)cc1OC. The van der Waals surface area contributed by atoms with Crippen LogP contribution in [0.5, 0.6) is 5.75 Å². The number of fused-ring (bicyclic) bond motifs is 1. The highest BCUT2D eigenvalue weighted by atomic mass is 79.9. The lowest BCUT2D eigenvalue weighted by atomic mass is 10.0. The topological polar surface area (TPSA) is 38.6 Å². The molecule has 3 rings (SSSR count). The van der Waals surface area contributed by atoms with E-state index in [1.807, 2.05) is 30.8 Å². The second-order valence-corrected chi connectivity index (χ2v) is 6.55. The number of ether oxygens (including phenoxy) is 1. The summed E-state index contributed by atoms with van der Waals surface area (Å²) < 4.78 is 8.57. The third kappa shape index (κ3) is 2.97. The van der Waals surface area contributed by atoms with Gasteiger partial charge in [0.25, 0.3) is 0 Å². The first-order valence-corrected chi connectivity index (χ1v) is 8.30. The van der Waals surface area contributed by atoms with Crippen molar-refractivity contribution in [2.45, 2.75) is 12.5 Å². The van der Waals surface area contributed by atoms with Gasteiger partial charge < -0.3 is 10.1 Å². The summed E-state index contributed by atoms with van der Waals surface area (Å²) in [5, 5.41) is 5.40. The summed E-state index contributed by atoms with van der Waals surface area (Å²) in [5.74, 6) is 0.879. The zero-order valence-corrected chi connectivity index (χ0v) is 14.2. The van der Waals surface area contributed by atoms with E-state index in [0.29, 0.717) is 0 Å². The molecule has 0 spiro atoms. The van der Waals surface area contributed by atoms with E-state index in [4.69, 9.17) is 4.74 Å². The standard InChI is InChI=1S/C15H16BrN3OS/c1-17-13(12-4-3-10(16)7-14(12)20-2)8-11-9-19-5-6-21-15(19)18-11/h3-7,9,13,17H,8H2,1-2H3. The molecule has 0 aliphatic heterocycles. The summed E-state index contributed by atoms with van der Waals surface area (Å²) in [6, 6.07) is 6.28. The summed E-state index contributed by atoms with van der Waals surface area (Å²) in [6.07, 6.45) is 4.94. The quantitative estimate of drug-likeness (QED) is 0.749. The normalized spacial score (nSPS) is 12.7. The van der Waals surface area contributed by atoms with Gasteiger partial charge in [-0.2, -0.15) is 0 Å².